The number of nitrogens with zero attached hydrogens (tertiary/aromatic N) is 3. The Balaban J connectivity index is 1.63. The molecule has 0 fully saturated rings. The van der Waals surface area contributed by atoms with Crippen LogP contribution < -0.4 is 4.74 Å². The summed E-state index contributed by atoms with van der Waals surface area (Å²) in [7, 11) is 0. The summed E-state index contributed by atoms with van der Waals surface area (Å²) in [5, 5.41) is 19.8. The van der Waals surface area contributed by atoms with E-state index in [1.807, 2.05) is 28.8 Å². The highest BCUT2D eigenvalue weighted by Gasteiger charge is 2.37. The van der Waals surface area contributed by atoms with Gasteiger partial charge in [0, 0.05) is 35.0 Å². The normalized spacial score (nSPS) is 18.0. The average Bonchev–Trinajstić information content (AvgIpc) is 3.31. The predicted octanol–water partition coefficient (Wildman–Crippen LogP) is 4.06. The van der Waals surface area contributed by atoms with Crippen molar-refractivity contribution in [1.82, 2.24) is 14.4 Å². The lowest BCUT2D eigenvalue weighted by atomic mass is 9.95. The first kappa shape index (κ1) is 19.6. The molecule has 3 aromatic heterocycles. The van der Waals surface area contributed by atoms with Crippen LogP contribution in [0.3, 0.4) is 0 Å². The summed E-state index contributed by atoms with van der Waals surface area (Å²) in [5.74, 6) is -0.252. The quantitative estimate of drug-likeness (QED) is 0.506. The van der Waals surface area contributed by atoms with E-state index in [0.717, 1.165) is 16.8 Å². The second-order valence-corrected chi connectivity index (χ2v) is 7.45. The first-order valence-corrected chi connectivity index (χ1v) is 9.85. The molecule has 3 heterocycles. The molecule has 2 N–H and O–H groups in total. The van der Waals surface area contributed by atoms with Crippen molar-refractivity contribution < 1.29 is 23.7 Å². The van der Waals surface area contributed by atoms with Crippen molar-refractivity contribution in [2.45, 2.75) is 31.7 Å². The minimum atomic E-state index is -2.94. The molecule has 6 nitrogen and oxygen atoms in total. The number of hydrogen-bond acceptors (Lipinski definition) is 5. The number of pyridine rings is 2. The summed E-state index contributed by atoms with van der Waals surface area (Å²) >= 11 is 0. The molecule has 1 aliphatic rings. The Bertz CT molecular complexity index is 1240. The summed E-state index contributed by atoms with van der Waals surface area (Å²) in [6, 6.07) is 14.0. The molecule has 0 amide bonds. The first-order valence-electron chi connectivity index (χ1n) is 9.85. The number of ether oxygens (including phenoxy) is 1. The molecule has 8 heteroatoms. The highest BCUT2D eigenvalue weighted by Crippen LogP contribution is 2.47. The minimum Gasteiger partial charge on any atom is -0.435 e. The third-order valence-electron chi connectivity index (χ3n) is 5.62. The van der Waals surface area contributed by atoms with Crippen LogP contribution in [0.25, 0.3) is 16.8 Å². The van der Waals surface area contributed by atoms with Crippen molar-refractivity contribution in [2.75, 3.05) is 0 Å². The van der Waals surface area contributed by atoms with Crippen LogP contribution in [-0.4, -0.2) is 31.2 Å². The zero-order valence-electron chi connectivity index (χ0n) is 16.3. The number of para-hydroxylation sites is 1. The fraction of sp³-hybridized carbons (Fsp3) is 0.217. The van der Waals surface area contributed by atoms with Crippen LogP contribution in [0.5, 0.6) is 5.75 Å². The van der Waals surface area contributed by atoms with Gasteiger partial charge >= 0.3 is 6.61 Å². The summed E-state index contributed by atoms with van der Waals surface area (Å²) in [5.41, 5.74) is 4.86. The molecule has 158 valence electrons. The van der Waals surface area contributed by atoms with Crippen molar-refractivity contribution in [2.24, 2.45) is 0 Å². The average molecular weight is 423 g/mol. The molecule has 0 saturated heterocycles. The predicted molar refractivity (Wildman–Crippen MR) is 109 cm³/mol. The number of alkyl halides is 2. The minimum absolute atomic E-state index is 0.0949. The Labute approximate surface area is 176 Å². The maximum absolute atomic E-state index is 12.9. The summed E-state index contributed by atoms with van der Waals surface area (Å²) in [4.78, 5) is 8.80. The number of benzene rings is 1. The molecule has 1 aromatic carbocycles. The topological polar surface area (TPSA) is 79.9 Å². The number of imidazole rings is 1. The van der Waals surface area contributed by atoms with Gasteiger partial charge in [0.25, 0.3) is 0 Å². The van der Waals surface area contributed by atoms with Crippen LogP contribution >= 0.6 is 0 Å². The molecule has 0 spiro atoms. The molecule has 0 aliphatic heterocycles. The number of aromatic nitrogens is 3. The van der Waals surface area contributed by atoms with Gasteiger partial charge in [-0.15, -0.1) is 0 Å². The van der Waals surface area contributed by atoms with Crippen molar-refractivity contribution in [3.05, 3.63) is 83.6 Å². The van der Waals surface area contributed by atoms with Gasteiger partial charge in [0.15, 0.2) is 0 Å². The summed E-state index contributed by atoms with van der Waals surface area (Å²) < 4.78 is 32.5. The van der Waals surface area contributed by atoms with Gasteiger partial charge < -0.3 is 19.4 Å². The van der Waals surface area contributed by atoms with Crippen LogP contribution in [0.1, 0.15) is 41.1 Å². The highest BCUT2D eigenvalue weighted by atomic mass is 19.3. The molecule has 31 heavy (non-hydrogen) atoms. The maximum Gasteiger partial charge on any atom is 0.387 e. The van der Waals surface area contributed by atoms with Crippen molar-refractivity contribution >= 4 is 5.65 Å². The van der Waals surface area contributed by atoms with Crippen LogP contribution in [0.4, 0.5) is 8.78 Å². The summed E-state index contributed by atoms with van der Waals surface area (Å²) in [6.45, 7) is -3.07. The van der Waals surface area contributed by atoms with Crippen LogP contribution in [-0.2, 0) is 6.61 Å². The van der Waals surface area contributed by atoms with Crippen molar-refractivity contribution in [1.29, 1.82) is 0 Å². The Morgan fingerprint density at radius 3 is 2.65 bits per heavy atom. The number of aliphatic hydroxyl groups excluding tert-OH is 2. The van der Waals surface area contributed by atoms with Gasteiger partial charge in [-0.3, -0.25) is 4.98 Å². The van der Waals surface area contributed by atoms with Crippen LogP contribution in [0.2, 0.25) is 0 Å². The largest absolute Gasteiger partial charge is 0.435 e. The number of aliphatic hydroxyl groups is 2. The lowest BCUT2D eigenvalue weighted by Crippen LogP contribution is -2.08. The Kier molecular flexibility index (Phi) is 4.88. The zero-order chi connectivity index (χ0) is 21.5. The van der Waals surface area contributed by atoms with E-state index >= 15 is 0 Å². The van der Waals surface area contributed by atoms with Gasteiger partial charge in [0.05, 0.1) is 29.8 Å². The van der Waals surface area contributed by atoms with Crippen LogP contribution in [0, 0.1) is 0 Å². The molecular weight excluding hydrogens is 404 g/mol. The molecular formula is C23H19F2N3O3. The van der Waals surface area contributed by atoms with Gasteiger partial charge in [-0.2, -0.15) is 8.78 Å². The molecule has 2 atom stereocenters. The molecule has 0 saturated carbocycles. The second-order valence-electron chi connectivity index (χ2n) is 7.45. The molecule has 1 aliphatic carbocycles. The molecule has 0 bridgehead atoms. The van der Waals surface area contributed by atoms with Gasteiger partial charge in [-0.25, -0.2) is 4.98 Å². The van der Waals surface area contributed by atoms with Crippen molar-refractivity contribution in [3.63, 3.8) is 0 Å². The second kappa shape index (κ2) is 7.72. The number of rotatable bonds is 5. The van der Waals surface area contributed by atoms with E-state index in [0.29, 0.717) is 29.0 Å². The van der Waals surface area contributed by atoms with Crippen LogP contribution in [0.15, 0.2) is 60.9 Å². The Morgan fingerprint density at radius 1 is 1.10 bits per heavy atom. The van der Waals surface area contributed by atoms with Crippen molar-refractivity contribution in [3.8, 4) is 16.9 Å². The third-order valence-corrected chi connectivity index (χ3v) is 5.62. The molecule has 0 radical (unpaired) electrons. The third kappa shape index (κ3) is 3.43. The molecule has 4 aromatic rings. The lowest BCUT2D eigenvalue weighted by Gasteiger charge is -2.17. The lowest BCUT2D eigenvalue weighted by molar-refractivity contribution is -0.0505. The van der Waals surface area contributed by atoms with E-state index in [9.17, 15) is 19.0 Å². The fourth-order valence-corrected chi connectivity index (χ4v) is 4.22. The first-order chi connectivity index (χ1) is 15.0. The van der Waals surface area contributed by atoms with E-state index < -0.39 is 12.7 Å². The summed E-state index contributed by atoms with van der Waals surface area (Å²) in [6.07, 6.45) is 3.12. The number of halogens is 2. The van der Waals surface area contributed by atoms with Gasteiger partial charge in [0.2, 0.25) is 0 Å². The SMILES string of the molecule is OCc1ccc(-c2ccc3nc4c(n3c2)[C@@H](c2ccccc2OC(F)F)C[C@H]4O)cn1. The zero-order valence-corrected chi connectivity index (χ0v) is 16.3. The number of hydrogen-bond donors (Lipinski definition) is 2. The van der Waals surface area contributed by atoms with E-state index in [4.69, 9.17) is 4.74 Å². The highest BCUT2D eigenvalue weighted by molar-refractivity contribution is 5.65. The van der Waals surface area contributed by atoms with E-state index in [2.05, 4.69) is 9.97 Å². The van der Waals surface area contributed by atoms with Gasteiger partial charge in [-0.05, 0) is 30.7 Å². The molecule has 0 unspecified atom stereocenters. The van der Waals surface area contributed by atoms with Gasteiger partial charge in [-0.1, -0.05) is 24.3 Å². The monoisotopic (exact) mass is 423 g/mol. The maximum atomic E-state index is 12.9. The van der Waals surface area contributed by atoms with Gasteiger partial charge in [0.1, 0.15) is 11.4 Å². The van der Waals surface area contributed by atoms with E-state index in [-0.39, 0.29) is 18.3 Å². The standard InChI is InChI=1S/C23H19F2N3O3/c24-23(25)31-19-4-2-1-3-16(19)17-9-18(30)21-22(17)28-11-14(6-8-20(28)27-21)13-5-7-15(12-29)26-10-13/h1-8,10-11,17-18,23,29-30H,9,12H2/t17-,18-/m1/s1. The number of fused-ring (bicyclic) bond motifs is 3. The Hall–Kier alpha value is -3.36. The van der Waals surface area contributed by atoms with E-state index in [1.165, 1.54) is 6.07 Å². The fourth-order valence-electron chi connectivity index (χ4n) is 4.22. The van der Waals surface area contributed by atoms with E-state index in [1.54, 1.807) is 30.5 Å². The smallest absolute Gasteiger partial charge is 0.387 e. The molecule has 5 rings (SSSR count). The Morgan fingerprint density at radius 2 is 1.90 bits per heavy atom.